The van der Waals surface area contributed by atoms with Gasteiger partial charge in [-0.25, -0.2) is 0 Å². The Labute approximate surface area is 109 Å². The predicted molar refractivity (Wildman–Crippen MR) is 74.9 cm³/mol. The summed E-state index contributed by atoms with van der Waals surface area (Å²) in [6.07, 6.45) is 7.89. The number of rotatable bonds is 7. The van der Waals surface area contributed by atoms with E-state index in [1.807, 2.05) is 4.90 Å². The molecule has 0 spiro atoms. The van der Waals surface area contributed by atoms with Crippen molar-refractivity contribution in [1.82, 2.24) is 4.90 Å². The van der Waals surface area contributed by atoms with Gasteiger partial charge in [0.1, 0.15) is 0 Å². The molecule has 98 valence electrons. The largest absolute Gasteiger partial charge is 0.330 e. The lowest BCUT2D eigenvalue weighted by Gasteiger charge is -2.26. The molecule has 0 aromatic rings. The van der Waals surface area contributed by atoms with E-state index in [-0.39, 0.29) is 5.91 Å². The van der Waals surface area contributed by atoms with Crippen molar-refractivity contribution >= 4 is 17.7 Å². The van der Waals surface area contributed by atoms with E-state index in [0.29, 0.717) is 12.3 Å². The molecule has 0 saturated carbocycles. The third-order valence-corrected chi connectivity index (χ3v) is 3.98. The number of hydrogen-bond donors (Lipinski definition) is 1. The van der Waals surface area contributed by atoms with Gasteiger partial charge in [-0.1, -0.05) is 6.08 Å². The Kier molecular flexibility index (Phi) is 7.37. The third-order valence-electron chi connectivity index (χ3n) is 2.95. The van der Waals surface area contributed by atoms with E-state index in [4.69, 9.17) is 5.73 Å². The molecule has 3 nitrogen and oxygen atoms in total. The van der Waals surface area contributed by atoms with Crippen LogP contribution in [0.3, 0.4) is 0 Å². The maximum absolute atomic E-state index is 12.1. The molecule has 0 atom stereocenters. The van der Waals surface area contributed by atoms with Crippen molar-refractivity contribution in [2.75, 3.05) is 24.6 Å². The molecule has 0 aromatic heterocycles. The lowest BCUT2D eigenvalue weighted by Crippen LogP contribution is -2.32. The highest BCUT2D eigenvalue weighted by molar-refractivity contribution is 7.99. The van der Waals surface area contributed by atoms with E-state index in [1.54, 1.807) is 11.8 Å². The summed E-state index contributed by atoms with van der Waals surface area (Å²) < 4.78 is 0. The lowest BCUT2D eigenvalue weighted by molar-refractivity contribution is -0.126. The minimum atomic E-state index is 0.252. The zero-order valence-corrected chi connectivity index (χ0v) is 11.6. The van der Waals surface area contributed by atoms with Crippen LogP contribution in [0.2, 0.25) is 0 Å². The Morgan fingerprint density at radius 2 is 2.35 bits per heavy atom. The van der Waals surface area contributed by atoms with E-state index >= 15 is 0 Å². The highest BCUT2D eigenvalue weighted by Gasteiger charge is 2.17. The topological polar surface area (TPSA) is 46.3 Å². The van der Waals surface area contributed by atoms with Crippen molar-refractivity contribution in [2.24, 2.45) is 5.73 Å². The van der Waals surface area contributed by atoms with Gasteiger partial charge in [0.2, 0.25) is 5.91 Å². The van der Waals surface area contributed by atoms with Gasteiger partial charge >= 0.3 is 0 Å². The van der Waals surface area contributed by atoms with Crippen LogP contribution >= 0.6 is 11.8 Å². The first-order valence-corrected chi connectivity index (χ1v) is 7.72. The monoisotopic (exact) mass is 256 g/mol. The summed E-state index contributed by atoms with van der Waals surface area (Å²) in [5.41, 5.74) is 6.67. The maximum Gasteiger partial charge on any atom is 0.236 e. The number of nitrogens with zero attached hydrogens (tertiary/aromatic N) is 1. The number of carbonyl (C=O) groups excluding carboxylic acids is 1. The van der Waals surface area contributed by atoms with Crippen LogP contribution in [0, 0.1) is 0 Å². The third kappa shape index (κ3) is 5.13. The molecule has 1 aliphatic rings. The molecule has 0 bridgehead atoms. The second-order valence-electron chi connectivity index (χ2n) is 4.27. The zero-order valence-electron chi connectivity index (χ0n) is 10.8. The minimum absolute atomic E-state index is 0.252. The van der Waals surface area contributed by atoms with Gasteiger partial charge in [0.15, 0.2) is 0 Å². The molecule has 17 heavy (non-hydrogen) atoms. The van der Waals surface area contributed by atoms with Crippen LogP contribution < -0.4 is 5.73 Å². The molecule has 4 heteroatoms. The number of carbonyl (C=O) groups is 1. The number of thioether (sulfide) groups is 1. The maximum atomic E-state index is 12.1. The van der Waals surface area contributed by atoms with Gasteiger partial charge in [-0.15, -0.1) is 0 Å². The Hall–Kier alpha value is -0.480. The van der Waals surface area contributed by atoms with Crippen LogP contribution in [-0.2, 0) is 4.79 Å². The molecular weight excluding hydrogens is 232 g/mol. The standard InChI is InChI=1S/C13H24N2OS/c1-2-15(12-7-4-3-5-8-12)13(16)11-17-10-6-9-14/h7H,2-6,8-11,14H2,1H3. The van der Waals surface area contributed by atoms with Gasteiger partial charge in [0.25, 0.3) is 0 Å². The zero-order chi connectivity index (χ0) is 12.5. The van der Waals surface area contributed by atoms with Gasteiger partial charge in [0, 0.05) is 12.2 Å². The van der Waals surface area contributed by atoms with Crippen molar-refractivity contribution in [3.05, 3.63) is 11.8 Å². The summed E-state index contributed by atoms with van der Waals surface area (Å²) in [7, 11) is 0. The molecule has 0 aromatic carbocycles. The Morgan fingerprint density at radius 1 is 1.53 bits per heavy atom. The second-order valence-corrected chi connectivity index (χ2v) is 5.38. The predicted octanol–water partition coefficient (Wildman–Crippen LogP) is 2.37. The first-order chi connectivity index (χ1) is 8.29. The van der Waals surface area contributed by atoms with Crippen LogP contribution in [0.25, 0.3) is 0 Å². The van der Waals surface area contributed by atoms with E-state index < -0.39 is 0 Å². The number of nitrogens with two attached hydrogens (primary N) is 1. The fourth-order valence-electron chi connectivity index (χ4n) is 2.03. The molecule has 2 N–H and O–H groups in total. The van der Waals surface area contributed by atoms with Crippen molar-refractivity contribution in [3.8, 4) is 0 Å². The van der Waals surface area contributed by atoms with E-state index in [1.165, 1.54) is 18.5 Å². The molecule has 0 saturated heterocycles. The van der Waals surface area contributed by atoms with Gasteiger partial charge in [-0.05, 0) is 51.3 Å². The summed E-state index contributed by atoms with van der Waals surface area (Å²) in [6, 6.07) is 0. The van der Waals surface area contributed by atoms with E-state index in [9.17, 15) is 4.79 Å². The van der Waals surface area contributed by atoms with Crippen molar-refractivity contribution in [1.29, 1.82) is 0 Å². The molecule has 1 aliphatic carbocycles. The molecular formula is C13H24N2OS. The molecule has 1 rings (SSSR count). The van der Waals surface area contributed by atoms with Gasteiger partial charge in [-0.2, -0.15) is 11.8 Å². The first kappa shape index (κ1) is 14.6. The van der Waals surface area contributed by atoms with Crippen molar-refractivity contribution < 1.29 is 4.79 Å². The number of hydrogen-bond acceptors (Lipinski definition) is 3. The Morgan fingerprint density at radius 3 is 2.94 bits per heavy atom. The van der Waals surface area contributed by atoms with Crippen LogP contribution in [-0.4, -0.2) is 35.4 Å². The number of amides is 1. The SMILES string of the molecule is CCN(C(=O)CSCCCN)C1=CCCCC1. The van der Waals surface area contributed by atoms with Gasteiger partial charge in [-0.3, -0.25) is 4.79 Å². The van der Waals surface area contributed by atoms with Crippen LogP contribution in [0.15, 0.2) is 11.8 Å². The Bertz CT molecular complexity index is 266. The van der Waals surface area contributed by atoms with E-state index in [0.717, 1.165) is 31.6 Å². The average molecular weight is 256 g/mol. The van der Waals surface area contributed by atoms with Crippen LogP contribution in [0.4, 0.5) is 0 Å². The van der Waals surface area contributed by atoms with Gasteiger partial charge < -0.3 is 10.6 Å². The van der Waals surface area contributed by atoms with Crippen LogP contribution in [0.1, 0.15) is 39.0 Å². The molecule has 1 amide bonds. The molecule has 0 heterocycles. The Balaban J connectivity index is 2.38. The lowest BCUT2D eigenvalue weighted by atomic mass is 10.0. The summed E-state index contributed by atoms with van der Waals surface area (Å²) in [4.78, 5) is 14.0. The summed E-state index contributed by atoms with van der Waals surface area (Å²) in [5, 5.41) is 0. The normalized spacial score (nSPS) is 15.5. The quantitative estimate of drug-likeness (QED) is 0.711. The highest BCUT2D eigenvalue weighted by atomic mass is 32.2. The molecule has 0 fully saturated rings. The minimum Gasteiger partial charge on any atom is -0.330 e. The fraction of sp³-hybridized carbons (Fsp3) is 0.769. The van der Waals surface area contributed by atoms with Crippen molar-refractivity contribution in [3.63, 3.8) is 0 Å². The molecule has 0 unspecified atom stereocenters. The smallest absolute Gasteiger partial charge is 0.236 e. The molecule has 0 aliphatic heterocycles. The number of allylic oxidation sites excluding steroid dienone is 2. The highest BCUT2D eigenvalue weighted by Crippen LogP contribution is 2.21. The summed E-state index contributed by atoms with van der Waals surface area (Å²) in [5.74, 6) is 1.83. The summed E-state index contributed by atoms with van der Waals surface area (Å²) >= 11 is 1.70. The molecule has 0 radical (unpaired) electrons. The van der Waals surface area contributed by atoms with Crippen molar-refractivity contribution in [2.45, 2.75) is 39.0 Å². The second kappa shape index (κ2) is 8.59. The fourth-order valence-corrected chi connectivity index (χ4v) is 2.87. The summed E-state index contributed by atoms with van der Waals surface area (Å²) in [6.45, 7) is 3.56. The average Bonchev–Trinajstić information content (AvgIpc) is 2.37. The first-order valence-electron chi connectivity index (χ1n) is 6.56. The van der Waals surface area contributed by atoms with E-state index in [2.05, 4.69) is 13.0 Å². The van der Waals surface area contributed by atoms with Gasteiger partial charge in [0.05, 0.1) is 5.75 Å². The van der Waals surface area contributed by atoms with Crippen LogP contribution in [0.5, 0.6) is 0 Å².